The Hall–Kier alpha value is -2.99. The Kier molecular flexibility index (Phi) is 6.84. The molecule has 1 aromatic heterocycles. The van der Waals surface area contributed by atoms with Crippen molar-refractivity contribution in [2.24, 2.45) is 0 Å². The highest BCUT2D eigenvalue weighted by Gasteiger charge is 2.33. The van der Waals surface area contributed by atoms with Crippen LogP contribution in [0.5, 0.6) is 0 Å². The van der Waals surface area contributed by atoms with Crippen LogP contribution in [0.3, 0.4) is 0 Å². The van der Waals surface area contributed by atoms with Crippen LogP contribution in [0.1, 0.15) is 47.7 Å². The summed E-state index contributed by atoms with van der Waals surface area (Å²) in [6.45, 7) is 3.89. The van der Waals surface area contributed by atoms with Gasteiger partial charge in [-0.25, -0.2) is 22.8 Å². The number of nitrogens with one attached hydrogen (secondary N) is 2. The van der Waals surface area contributed by atoms with Crippen molar-refractivity contribution in [3.63, 3.8) is 0 Å². The first-order valence-electron chi connectivity index (χ1n) is 10.2. The van der Waals surface area contributed by atoms with Crippen LogP contribution >= 0.6 is 0 Å². The van der Waals surface area contributed by atoms with Crippen LogP contribution in [0.4, 0.5) is 20.3 Å². The van der Waals surface area contributed by atoms with Gasteiger partial charge in [0.05, 0.1) is 15.3 Å². The second-order valence-corrected chi connectivity index (χ2v) is 10.1. The fraction of sp³-hybridized carbons (Fsp3) is 0.391. The van der Waals surface area contributed by atoms with Gasteiger partial charge in [0.25, 0.3) is 5.91 Å². The summed E-state index contributed by atoms with van der Waals surface area (Å²) >= 11 is 0. The quantitative estimate of drug-likeness (QED) is 0.649. The van der Waals surface area contributed by atoms with Crippen LogP contribution in [-0.2, 0) is 9.73 Å². The highest BCUT2D eigenvalue weighted by atomic mass is 32.2. The maximum absolute atomic E-state index is 13.9. The summed E-state index contributed by atoms with van der Waals surface area (Å²) in [7, 11) is -2.95. The third kappa shape index (κ3) is 5.43. The predicted molar refractivity (Wildman–Crippen MR) is 122 cm³/mol. The van der Waals surface area contributed by atoms with Crippen LogP contribution < -0.4 is 10.2 Å². The van der Waals surface area contributed by atoms with Gasteiger partial charge < -0.3 is 10.2 Å². The molecule has 1 aliphatic rings. The van der Waals surface area contributed by atoms with E-state index in [1.54, 1.807) is 43.1 Å². The minimum atomic E-state index is -2.95. The van der Waals surface area contributed by atoms with Crippen molar-refractivity contribution in [3.05, 3.63) is 47.2 Å². The van der Waals surface area contributed by atoms with E-state index >= 15 is 0 Å². The third-order valence-electron chi connectivity index (χ3n) is 5.36. The molecular weight excluding hydrogens is 434 g/mol. The number of nitrogens with zero attached hydrogens (tertiary/aromatic N) is 2. The SMILES string of the molecule is CC#Cc1cnc(N2CCCC(F)(F)CC2)c(C(=O)Nc2cccc([S@](C)(=N)=O)c2)c1C. The third-order valence-corrected chi connectivity index (χ3v) is 6.52. The van der Waals surface area contributed by atoms with E-state index in [1.165, 1.54) is 12.3 Å². The first kappa shape index (κ1) is 23.7. The molecular formula is C23H26F2N4O2S. The fourth-order valence-corrected chi connectivity index (χ4v) is 4.34. The summed E-state index contributed by atoms with van der Waals surface area (Å²) in [5, 5.41) is 2.78. The Bertz CT molecular complexity index is 1200. The lowest BCUT2D eigenvalue weighted by molar-refractivity contribution is -0.0102. The molecule has 0 bridgehead atoms. The number of carbonyl (C=O) groups excluding carboxylic acids is 1. The van der Waals surface area contributed by atoms with Gasteiger partial charge in [-0.3, -0.25) is 4.79 Å². The van der Waals surface area contributed by atoms with Crippen molar-refractivity contribution in [3.8, 4) is 11.8 Å². The van der Waals surface area contributed by atoms with Crippen molar-refractivity contribution in [2.45, 2.75) is 43.9 Å². The lowest BCUT2D eigenvalue weighted by Crippen LogP contribution is -2.30. The molecule has 1 aromatic carbocycles. The fourth-order valence-electron chi connectivity index (χ4n) is 3.65. The van der Waals surface area contributed by atoms with Crippen LogP contribution in [-0.4, -0.2) is 40.4 Å². The lowest BCUT2D eigenvalue weighted by atomic mass is 10.0. The molecule has 0 unspecified atom stereocenters. The molecule has 0 saturated carbocycles. The van der Waals surface area contributed by atoms with Gasteiger partial charge in [0.15, 0.2) is 0 Å². The second kappa shape index (κ2) is 9.25. The zero-order chi connectivity index (χ0) is 23.5. The molecule has 1 saturated heterocycles. The summed E-state index contributed by atoms with van der Waals surface area (Å²) in [4.78, 5) is 19.8. The summed E-state index contributed by atoms with van der Waals surface area (Å²) in [5.74, 6) is 2.87. The van der Waals surface area contributed by atoms with Gasteiger partial charge in [-0.2, -0.15) is 0 Å². The number of anilines is 2. The highest BCUT2D eigenvalue weighted by molar-refractivity contribution is 7.91. The molecule has 32 heavy (non-hydrogen) atoms. The van der Waals surface area contributed by atoms with E-state index in [4.69, 9.17) is 4.78 Å². The molecule has 2 N–H and O–H groups in total. The number of aromatic nitrogens is 1. The van der Waals surface area contributed by atoms with Gasteiger partial charge in [-0.1, -0.05) is 12.0 Å². The lowest BCUT2D eigenvalue weighted by Gasteiger charge is -2.25. The molecule has 2 aromatic rings. The molecule has 1 fully saturated rings. The van der Waals surface area contributed by atoms with E-state index in [0.29, 0.717) is 40.5 Å². The Morgan fingerprint density at radius 2 is 2.06 bits per heavy atom. The minimum absolute atomic E-state index is 0.0880. The summed E-state index contributed by atoms with van der Waals surface area (Å²) in [5.41, 5.74) is 1.84. The van der Waals surface area contributed by atoms with E-state index in [-0.39, 0.29) is 24.9 Å². The van der Waals surface area contributed by atoms with E-state index < -0.39 is 21.6 Å². The maximum Gasteiger partial charge on any atom is 0.259 e. The molecule has 0 radical (unpaired) electrons. The molecule has 2 heterocycles. The number of rotatable bonds is 4. The van der Waals surface area contributed by atoms with Crippen molar-refractivity contribution in [1.82, 2.24) is 4.98 Å². The number of amides is 1. The van der Waals surface area contributed by atoms with E-state index in [1.807, 2.05) is 0 Å². The van der Waals surface area contributed by atoms with E-state index in [9.17, 15) is 17.8 Å². The number of halogens is 2. The molecule has 1 atom stereocenters. The summed E-state index contributed by atoms with van der Waals surface area (Å²) in [6, 6.07) is 6.32. The van der Waals surface area contributed by atoms with Gasteiger partial charge >= 0.3 is 0 Å². The highest BCUT2D eigenvalue weighted by Crippen LogP contribution is 2.32. The summed E-state index contributed by atoms with van der Waals surface area (Å²) < 4.78 is 47.6. The van der Waals surface area contributed by atoms with Crippen LogP contribution in [0.15, 0.2) is 35.4 Å². The number of hydrogen-bond acceptors (Lipinski definition) is 5. The van der Waals surface area contributed by atoms with Crippen molar-refractivity contribution in [1.29, 1.82) is 4.78 Å². The van der Waals surface area contributed by atoms with Gasteiger partial charge in [0.1, 0.15) is 5.82 Å². The molecule has 1 aliphatic heterocycles. The molecule has 9 heteroatoms. The Balaban J connectivity index is 2.02. The Morgan fingerprint density at radius 3 is 2.75 bits per heavy atom. The van der Waals surface area contributed by atoms with Gasteiger partial charge in [0, 0.05) is 54.5 Å². The van der Waals surface area contributed by atoms with Crippen molar-refractivity contribution in [2.75, 3.05) is 29.6 Å². The minimum Gasteiger partial charge on any atom is -0.356 e. The standard InChI is InChI=1S/C23H26F2N4O2S/c1-4-7-17-15-27-21(29-12-6-10-23(24,25)11-13-29)20(16(17)2)22(30)28-18-8-5-9-19(14-18)32(3,26)31/h5,8-9,14-15,26H,6,10-13H2,1-3H3,(H,28,30)/t32-/m1/s1. The van der Waals surface area contributed by atoms with Crippen LogP contribution in [0, 0.1) is 23.5 Å². The second-order valence-electron chi connectivity index (χ2n) is 7.89. The van der Waals surface area contributed by atoms with Crippen LogP contribution in [0.2, 0.25) is 0 Å². The molecule has 0 spiro atoms. The first-order valence-corrected chi connectivity index (χ1v) is 12.2. The zero-order valence-electron chi connectivity index (χ0n) is 18.3. The first-order chi connectivity index (χ1) is 15.0. The number of benzene rings is 1. The van der Waals surface area contributed by atoms with E-state index in [0.717, 1.165) is 0 Å². The number of hydrogen-bond donors (Lipinski definition) is 2. The molecule has 6 nitrogen and oxygen atoms in total. The number of alkyl halides is 2. The molecule has 170 valence electrons. The van der Waals surface area contributed by atoms with Crippen LogP contribution in [0.25, 0.3) is 0 Å². The van der Waals surface area contributed by atoms with Gasteiger partial charge in [-0.15, -0.1) is 5.92 Å². The normalized spacial score (nSPS) is 17.5. The number of pyridine rings is 1. The molecule has 3 rings (SSSR count). The van der Waals surface area contributed by atoms with Crippen molar-refractivity contribution < 1.29 is 17.8 Å². The van der Waals surface area contributed by atoms with Gasteiger partial charge in [0.2, 0.25) is 5.92 Å². The molecule has 0 aliphatic carbocycles. The topological polar surface area (TPSA) is 86.2 Å². The Labute approximate surface area is 187 Å². The Morgan fingerprint density at radius 1 is 1.31 bits per heavy atom. The number of carbonyl (C=O) groups is 1. The average Bonchev–Trinajstić information content (AvgIpc) is 2.89. The maximum atomic E-state index is 13.9. The zero-order valence-corrected chi connectivity index (χ0v) is 19.1. The summed E-state index contributed by atoms with van der Waals surface area (Å²) in [6.07, 6.45) is 2.67. The predicted octanol–water partition coefficient (Wildman–Crippen LogP) is 4.67. The largest absolute Gasteiger partial charge is 0.356 e. The monoisotopic (exact) mass is 460 g/mol. The molecule has 1 amide bonds. The van der Waals surface area contributed by atoms with Gasteiger partial charge in [-0.05, 0) is 44.0 Å². The average molecular weight is 461 g/mol. The smallest absolute Gasteiger partial charge is 0.259 e. The van der Waals surface area contributed by atoms with Crippen molar-refractivity contribution >= 4 is 27.1 Å². The van der Waals surface area contributed by atoms with E-state index in [2.05, 4.69) is 22.1 Å².